The summed E-state index contributed by atoms with van der Waals surface area (Å²) >= 11 is 13.3. The highest BCUT2D eigenvalue weighted by atomic mass is 35.5. The molecule has 134 valence electrons. The standard InChI is InChI=1S/C15H17Cl2N5O2S/c16-9-3-4-11(12(17)6-9)14-20-21-15(22(14)18)25-8-13(23)19-7-10-2-1-5-24-10/h3-4,6,10H,1-2,5,7-8,18H2,(H,19,23). The highest BCUT2D eigenvalue weighted by Gasteiger charge is 2.18. The van der Waals surface area contributed by atoms with Crippen LogP contribution < -0.4 is 11.2 Å². The molecule has 1 aromatic carbocycles. The molecule has 10 heteroatoms. The van der Waals surface area contributed by atoms with Crippen LogP contribution in [-0.2, 0) is 9.53 Å². The van der Waals surface area contributed by atoms with E-state index in [0.29, 0.717) is 33.1 Å². The summed E-state index contributed by atoms with van der Waals surface area (Å²) in [5.41, 5.74) is 0.621. The molecule has 1 saturated heterocycles. The predicted octanol–water partition coefficient (Wildman–Crippen LogP) is 2.35. The minimum absolute atomic E-state index is 0.102. The first-order chi connectivity index (χ1) is 12.0. The Labute approximate surface area is 159 Å². The summed E-state index contributed by atoms with van der Waals surface area (Å²) in [4.78, 5) is 11.9. The van der Waals surface area contributed by atoms with E-state index in [4.69, 9.17) is 33.8 Å². The van der Waals surface area contributed by atoms with Gasteiger partial charge in [0.1, 0.15) is 0 Å². The van der Waals surface area contributed by atoms with Crippen LogP contribution in [0.4, 0.5) is 0 Å². The van der Waals surface area contributed by atoms with Gasteiger partial charge in [-0.2, -0.15) is 0 Å². The monoisotopic (exact) mass is 401 g/mol. The molecule has 2 heterocycles. The zero-order valence-electron chi connectivity index (χ0n) is 13.2. The van der Waals surface area contributed by atoms with Crippen LogP contribution in [0.15, 0.2) is 23.4 Å². The van der Waals surface area contributed by atoms with Gasteiger partial charge in [0.2, 0.25) is 11.1 Å². The van der Waals surface area contributed by atoms with Gasteiger partial charge < -0.3 is 15.9 Å². The number of nitrogen functional groups attached to an aromatic ring is 1. The SMILES string of the molecule is Nn1c(SCC(=O)NCC2CCCO2)nnc1-c1ccc(Cl)cc1Cl. The van der Waals surface area contributed by atoms with Crippen molar-refractivity contribution in [3.63, 3.8) is 0 Å². The molecule has 1 fully saturated rings. The lowest BCUT2D eigenvalue weighted by atomic mass is 10.2. The number of benzene rings is 1. The van der Waals surface area contributed by atoms with Crippen molar-refractivity contribution in [2.45, 2.75) is 24.1 Å². The number of nitrogens with two attached hydrogens (primary N) is 1. The van der Waals surface area contributed by atoms with Crippen LogP contribution in [0.25, 0.3) is 11.4 Å². The van der Waals surface area contributed by atoms with Gasteiger partial charge in [0, 0.05) is 23.7 Å². The predicted molar refractivity (Wildman–Crippen MR) is 98.3 cm³/mol. The quantitative estimate of drug-likeness (QED) is 0.569. The van der Waals surface area contributed by atoms with Gasteiger partial charge in [0.25, 0.3) is 0 Å². The van der Waals surface area contributed by atoms with Crippen LogP contribution in [0.5, 0.6) is 0 Å². The van der Waals surface area contributed by atoms with Gasteiger partial charge in [0.05, 0.1) is 16.9 Å². The van der Waals surface area contributed by atoms with E-state index in [-0.39, 0.29) is 17.8 Å². The number of nitrogens with one attached hydrogen (secondary N) is 1. The van der Waals surface area contributed by atoms with Crippen molar-refractivity contribution in [1.29, 1.82) is 0 Å². The van der Waals surface area contributed by atoms with Gasteiger partial charge in [-0.05, 0) is 31.0 Å². The lowest BCUT2D eigenvalue weighted by Crippen LogP contribution is -2.33. The molecule has 0 radical (unpaired) electrons. The van der Waals surface area contributed by atoms with Crippen LogP contribution in [0.1, 0.15) is 12.8 Å². The Morgan fingerprint density at radius 1 is 1.44 bits per heavy atom. The highest BCUT2D eigenvalue weighted by Crippen LogP contribution is 2.30. The molecule has 7 nitrogen and oxygen atoms in total. The number of aromatic nitrogens is 3. The molecule has 0 spiro atoms. The van der Waals surface area contributed by atoms with Gasteiger partial charge in [-0.15, -0.1) is 10.2 Å². The van der Waals surface area contributed by atoms with E-state index in [1.54, 1.807) is 18.2 Å². The van der Waals surface area contributed by atoms with E-state index >= 15 is 0 Å². The minimum atomic E-state index is -0.102. The zero-order chi connectivity index (χ0) is 17.8. The highest BCUT2D eigenvalue weighted by molar-refractivity contribution is 7.99. The number of carbonyl (C=O) groups is 1. The molecule has 1 unspecified atom stereocenters. The molecule has 1 amide bonds. The van der Waals surface area contributed by atoms with Crippen molar-refractivity contribution in [2.75, 3.05) is 24.7 Å². The van der Waals surface area contributed by atoms with Crippen molar-refractivity contribution in [3.8, 4) is 11.4 Å². The number of ether oxygens (including phenoxy) is 1. The smallest absolute Gasteiger partial charge is 0.230 e. The van der Waals surface area contributed by atoms with Gasteiger partial charge >= 0.3 is 0 Å². The molecule has 1 aromatic heterocycles. The maximum Gasteiger partial charge on any atom is 0.230 e. The fourth-order valence-corrected chi connectivity index (χ4v) is 3.62. The molecule has 0 aliphatic carbocycles. The van der Waals surface area contributed by atoms with Gasteiger partial charge in [-0.3, -0.25) is 4.79 Å². The van der Waals surface area contributed by atoms with Crippen molar-refractivity contribution in [1.82, 2.24) is 20.2 Å². The van der Waals surface area contributed by atoms with Crippen LogP contribution in [-0.4, -0.2) is 45.8 Å². The first-order valence-electron chi connectivity index (χ1n) is 7.71. The molecule has 3 N–H and O–H groups in total. The van der Waals surface area contributed by atoms with E-state index < -0.39 is 0 Å². The molecule has 1 aliphatic heterocycles. The maximum absolute atomic E-state index is 11.9. The average Bonchev–Trinajstić information content (AvgIpc) is 3.21. The van der Waals surface area contributed by atoms with Gasteiger partial charge in [-0.25, -0.2) is 4.68 Å². The second-order valence-electron chi connectivity index (χ2n) is 5.53. The number of carbonyl (C=O) groups excluding carboxylic acids is 1. The average molecular weight is 402 g/mol. The molecule has 2 aromatic rings. The summed E-state index contributed by atoms with van der Waals surface area (Å²) in [6.45, 7) is 1.29. The summed E-state index contributed by atoms with van der Waals surface area (Å²) < 4.78 is 6.78. The zero-order valence-corrected chi connectivity index (χ0v) is 15.6. The number of nitrogens with zero attached hydrogens (tertiary/aromatic N) is 3. The summed E-state index contributed by atoms with van der Waals surface area (Å²) in [7, 11) is 0. The molecular weight excluding hydrogens is 385 g/mol. The lowest BCUT2D eigenvalue weighted by Gasteiger charge is -2.10. The van der Waals surface area contributed by atoms with E-state index in [1.807, 2.05) is 0 Å². The van der Waals surface area contributed by atoms with Crippen LogP contribution in [0.2, 0.25) is 10.0 Å². The number of hydrogen-bond acceptors (Lipinski definition) is 6. The number of thioether (sulfide) groups is 1. The van der Waals surface area contributed by atoms with Crippen molar-refractivity contribution in [2.24, 2.45) is 0 Å². The first kappa shape index (κ1) is 18.3. The van der Waals surface area contributed by atoms with E-state index in [0.717, 1.165) is 19.4 Å². The third-order valence-corrected chi connectivity index (χ3v) is 5.21. The normalized spacial score (nSPS) is 17.0. The fourth-order valence-electron chi connectivity index (χ4n) is 2.44. The van der Waals surface area contributed by atoms with E-state index in [1.165, 1.54) is 16.4 Å². The Morgan fingerprint density at radius 2 is 2.28 bits per heavy atom. The van der Waals surface area contributed by atoms with E-state index in [2.05, 4.69) is 15.5 Å². The molecule has 1 aliphatic rings. The lowest BCUT2D eigenvalue weighted by molar-refractivity contribution is -0.119. The summed E-state index contributed by atoms with van der Waals surface area (Å²) in [5, 5.41) is 12.3. The van der Waals surface area contributed by atoms with Crippen LogP contribution >= 0.6 is 35.0 Å². The Morgan fingerprint density at radius 3 is 3.00 bits per heavy atom. The molecule has 0 bridgehead atoms. The Hall–Kier alpha value is -1.48. The second-order valence-corrected chi connectivity index (χ2v) is 7.31. The van der Waals surface area contributed by atoms with Gasteiger partial charge in [-0.1, -0.05) is 35.0 Å². The number of halogens is 2. The topological polar surface area (TPSA) is 95.1 Å². The van der Waals surface area contributed by atoms with Crippen molar-refractivity contribution < 1.29 is 9.53 Å². The molecule has 1 atom stereocenters. The molecule has 3 rings (SSSR count). The summed E-state index contributed by atoms with van der Waals surface area (Å²) in [5.74, 6) is 6.52. The van der Waals surface area contributed by atoms with Crippen molar-refractivity contribution >= 4 is 40.9 Å². The Balaban J connectivity index is 1.58. The summed E-state index contributed by atoms with van der Waals surface area (Å²) in [6.07, 6.45) is 2.14. The third-order valence-electron chi connectivity index (χ3n) is 3.72. The van der Waals surface area contributed by atoms with E-state index in [9.17, 15) is 4.79 Å². The number of rotatable bonds is 6. The fraction of sp³-hybridized carbons (Fsp3) is 0.400. The minimum Gasteiger partial charge on any atom is -0.376 e. The maximum atomic E-state index is 11.9. The Kier molecular flexibility index (Phi) is 6.06. The number of amides is 1. The molecule has 0 saturated carbocycles. The number of hydrogen-bond donors (Lipinski definition) is 2. The van der Waals surface area contributed by atoms with Crippen LogP contribution in [0.3, 0.4) is 0 Å². The summed E-state index contributed by atoms with van der Waals surface area (Å²) in [6, 6.07) is 5.03. The Bertz CT molecular complexity index is 764. The van der Waals surface area contributed by atoms with Gasteiger partial charge in [0.15, 0.2) is 5.82 Å². The largest absolute Gasteiger partial charge is 0.376 e. The molecular formula is C15H17Cl2N5O2S. The van der Waals surface area contributed by atoms with Crippen molar-refractivity contribution in [3.05, 3.63) is 28.2 Å². The molecule has 25 heavy (non-hydrogen) atoms. The first-order valence-corrected chi connectivity index (χ1v) is 9.46. The third kappa shape index (κ3) is 4.58. The second kappa shape index (κ2) is 8.27. The van der Waals surface area contributed by atoms with Crippen LogP contribution in [0, 0.1) is 0 Å².